The summed E-state index contributed by atoms with van der Waals surface area (Å²) >= 11 is 0. The number of ether oxygens (including phenoxy) is 2. The number of hydrogen-bond donors (Lipinski definition) is 0. The van der Waals surface area contributed by atoms with Gasteiger partial charge in [-0.05, 0) is 61.9 Å². The molecule has 0 saturated carbocycles. The van der Waals surface area contributed by atoms with E-state index in [4.69, 9.17) is 9.47 Å². The lowest BCUT2D eigenvalue weighted by Crippen LogP contribution is -2.38. The maximum absolute atomic E-state index is 14.9. The summed E-state index contributed by atoms with van der Waals surface area (Å²) in [7, 11) is 0. The van der Waals surface area contributed by atoms with Crippen LogP contribution in [0.2, 0.25) is 0 Å². The number of esters is 2. The quantitative estimate of drug-likeness (QED) is 0.188. The van der Waals surface area contributed by atoms with Gasteiger partial charge >= 0.3 is 11.9 Å². The molecule has 2 aromatic carbocycles. The Bertz CT molecular complexity index is 1060. The van der Waals surface area contributed by atoms with Crippen LogP contribution in [0.15, 0.2) is 30.3 Å². The molecule has 1 fully saturated rings. The SMILES string of the molecule is CCCCCCc1ccc(-c2ccc(OC(=O)C3(C)CC(CCCC)C(=O)O3)c(C)c2)c(F)c1F. The van der Waals surface area contributed by atoms with E-state index in [1.165, 1.54) is 0 Å². The zero-order valence-electron chi connectivity index (χ0n) is 21.2. The lowest BCUT2D eigenvalue weighted by atomic mass is 9.92. The average molecular weight is 487 g/mol. The van der Waals surface area contributed by atoms with Crippen LogP contribution < -0.4 is 4.74 Å². The molecule has 0 aromatic heterocycles. The fraction of sp³-hybridized carbons (Fsp3) is 0.517. The highest BCUT2D eigenvalue weighted by atomic mass is 19.2. The van der Waals surface area contributed by atoms with Gasteiger partial charge in [0.1, 0.15) is 5.75 Å². The first kappa shape index (κ1) is 26.8. The normalized spacial score (nSPS) is 19.6. The topological polar surface area (TPSA) is 52.6 Å². The Kier molecular flexibility index (Phi) is 9.03. The van der Waals surface area contributed by atoms with Crippen molar-refractivity contribution in [1.29, 1.82) is 0 Å². The van der Waals surface area contributed by atoms with E-state index in [0.29, 0.717) is 35.3 Å². The molecule has 3 rings (SSSR count). The van der Waals surface area contributed by atoms with Gasteiger partial charge in [-0.1, -0.05) is 64.2 Å². The Hall–Kier alpha value is -2.76. The van der Waals surface area contributed by atoms with Gasteiger partial charge in [0.05, 0.1) is 5.92 Å². The Balaban J connectivity index is 1.72. The summed E-state index contributed by atoms with van der Waals surface area (Å²) in [6, 6.07) is 8.07. The minimum Gasteiger partial charge on any atom is -0.447 e. The first-order chi connectivity index (χ1) is 16.7. The van der Waals surface area contributed by atoms with Crippen LogP contribution in [0.1, 0.15) is 83.3 Å². The molecule has 0 aliphatic carbocycles. The van der Waals surface area contributed by atoms with E-state index < -0.39 is 23.2 Å². The van der Waals surface area contributed by atoms with Crippen LogP contribution in [0, 0.1) is 24.5 Å². The number of benzene rings is 2. The highest BCUT2D eigenvalue weighted by molar-refractivity contribution is 5.89. The number of carbonyl (C=O) groups excluding carboxylic acids is 2. The van der Waals surface area contributed by atoms with Crippen molar-refractivity contribution in [2.24, 2.45) is 5.92 Å². The van der Waals surface area contributed by atoms with Gasteiger partial charge in [0, 0.05) is 12.0 Å². The summed E-state index contributed by atoms with van der Waals surface area (Å²) in [6.45, 7) is 7.46. The van der Waals surface area contributed by atoms with Crippen LogP contribution in [0.5, 0.6) is 5.75 Å². The van der Waals surface area contributed by atoms with E-state index in [1.54, 1.807) is 44.2 Å². The summed E-state index contributed by atoms with van der Waals surface area (Å²) in [5.41, 5.74) is 0.310. The second-order valence-electron chi connectivity index (χ2n) is 9.78. The standard InChI is InChI=1S/C29H36F2O4/c1-5-7-9-10-12-20-13-15-23(26(31)25(20)30)21-14-16-24(19(3)17-21)34-28(33)29(4)18-22(11-8-6-2)27(32)35-29/h13-17,22H,5-12,18H2,1-4H3. The molecule has 35 heavy (non-hydrogen) atoms. The van der Waals surface area contributed by atoms with Crippen LogP contribution >= 0.6 is 0 Å². The van der Waals surface area contributed by atoms with E-state index in [0.717, 1.165) is 38.5 Å². The molecule has 0 N–H and O–H groups in total. The fourth-order valence-corrected chi connectivity index (χ4v) is 4.58. The summed E-state index contributed by atoms with van der Waals surface area (Å²) in [5.74, 6) is -2.68. The third kappa shape index (κ3) is 6.28. The Morgan fingerprint density at radius 3 is 2.49 bits per heavy atom. The minimum absolute atomic E-state index is 0.163. The third-order valence-corrected chi connectivity index (χ3v) is 6.78. The van der Waals surface area contributed by atoms with Gasteiger partial charge in [-0.25, -0.2) is 13.6 Å². The smallest absolute Gasteiger partial charge is 0.355 e. The molecule has 1 saturated heterocycles. The first-order valence-corrected chi connectivity index (χ1v) is 12.7. The van der Waals surface area contributed by atoms with Crippen molar-refractivity contribution in [2.75, 3.05) is 0 Å². The van der Waals surface area contributed by atoms with Crippen molar-refractivity contribution in [3.63, 3.8) is 0 Å². The minimum atomic E-state index is -1.33. The highest BCUT2D eigenvalue weighted by Crippen LogP contribution is 2.36. The molecule has 1 heterocycles. The number of rotatable bonds is 11. The molecule has 2 unspecified atom stereocenters. The molecular weight excluding hydrogens is 450 g/mol. The number of aryl methyl sites for hydroxylation is 2. The summed E-state index contributed by atoms with van der Waals surface area (Å²) in [4.78, 5) is 25.1. The molecule has 2 atom stereocenters. The van der Waals surface area contributed by atoms with Crippen LogP contribution in [-0.2, 0) is 20.7 Å². The molecule has 1 aliphatic heterocycles. The van der Waals surface area contributed by atoms with Gasteiger partial charge in [0.2, 0.25) is 5.60 Å². The zero-order valence-corrected chi connectivity index (χ0v) is 21.2. The molecule has 1 aliphatic rings. The predicted molar refractivity (Wildman–Crippen MR) is 132 cm³/mol. The van der Waals surface area contributed by atoms with E-state index in [1.807, 2.05) is 6.92 Å². The molecule has 4 nitrogen and oxygen atoms in total. The molecule has 6 heteroatoms. The van der Waals surface area contributed by atoms with Crippen LogP contribution in [-0.4, -0.2) is 17.5 Å². The van der Waals surface area contributed by atoms with Gasteiger partial charge in [-0.15, -0.1) is 0 Å². The molecular formula is C29H36F2O4. The van der Waals surface area contributed by atoms with E-state index in [-0.39, 0.29) is 23.9 Å². The van der Waals surface area contributed by atoms with E-state index in [9.17, 15) is 18.4 Å². The van der Waals surface area contributed by atoms with Gasteiger partial charge in [-0.2, -0.15) is 0 Å². The van der Waals surface area contributed by atoms with E-state index in [2.05, 4.69) is 6.92 Å². The number of carbonyl (C=O) groups is 2. The van der Waals surface area contributed by atoms with Crippen molar-refractivity contribution in [3.05, 3.63) is 53.1 Å². The molecule has 190 valence electrons. The summed E-state index contributed by atoms with van der Waals surface area (Å²) in [5, 5.41) is 0. The van der Waals surface area contributed by atoms with Crippen LogP contribution in [0.25, 0.3) is 11.1 Å². The van der Waals surface area contributed by atoms with Crippen LogP contribution in [0.3, 0.4) is 0 Å². The second kappa shape index (κ2) is 11.8. The summed E-state index contributed by atoms with van der Waals surface area (Å²) in [6.07, 6.45) is 7.34. The number of cyclic esters (lactones) is 1. The highest BCUT2D eigenvalue weighted by Gasteiger charge is 2.49. The molecule has 0 spiro atoms. The molecule has 2 aromatic rings. The number of unbranched alkanes of at least 4 members (excludes halogenated alkanes) is 4. The van der Waals surface area contributed by atoms with Gasteiger partial charge in [-0.3, -0.25) is 4.79 Å². The van der Waals surface area contributed by atoms with E-state index >= 15 is 0 Å². The second-order valence-corrected chi connectivity index (χ2v) is 9.78. The van der Waals surface area contributed by atoms with Gasteiger partial charge < -0.3 is 9.47 Å². The van der Waals surface area contributed by atoms with Crippen molar-refractivity contribution < 1.29 is 27.8 Å². The Labute approximate surface area is 207 Å². The predicted octanol–water partition coefficient (Wildman–Crippen LogP) is 7.48. The monoisotopic (exact) mass is 486 g/mol. The van der Waals surface area contributed by atoms with Crippen molar-refractivity contribution in [1.82, 2.24) is 0 Å². The number of hydrogen-bond acceptors (Lipinski definition) is 4. The maximum atomic E-state index is 14.9. The van der Waals surface area contributed by atoms with Gasteiger partial charge in [0.25, 0.3) is 0 Å². The summed E-state index contributed by atoms with van der Waals surface area (Å²) < 4.78 is 40.5. The zero-order chi connectivity index (χ0) is 25.6. The van der Waals surface area contributed by atoms with Crippen molar-refractivity contribution in [3.8, 4) is 16.9 Å². The number of halogens is 2. The lowest BCUT2D eigenvalue weighted by Gasteiger charge is -2.21. The Morgan fingerprint density at radius 2 is 1.80 bits per heavy atom. The van der Waals surface area contributed by atoms with Crippen LogP contribution in [0.4, 0.5) is 8.78 Å². The van der Waals surface area contributed by atoms with Crippen molar-refractivity contribution >= 4 is 11.9 Å². The molecule has 0 radical (unpaired) electrons. The first-order valence-electron chi connectivity index (χ1n) is 12.7. The maximum Gasteiger partial charge on any atom is 0.355 e. The molecule has 0 amide bonds. The van der Waals surface area contributed by atoms with Crippen molar-refractivity contribution in [2.45, 2.75) is 91.1 Å². The average Bonchev–Trinajstić information content (AvgIpc) is 3.13. The fourth-order valence-electron chi connectivity index (χ4n) is 4.58. The van der Waals surface area contributed by atoms with Gasteiger partial charge in [0.15, 0.2) is 11.6 Å². The third-order valence-electron chi connectivity index (χ3n) is 6.78. The largest absolute Gasteiger partial charge is 0.447 e. The lowest BCUT2D eigenvalue weighted by molar-refractivity contribution is -0.166. The molecule has 0 bridgehead atoms. The Morgan fingerprint density at radius 1 is 1.06 bits per heavy atom.